The van der Waals surface area contributed by atoms with Crippen LogP contribution in [0.2, 0.25) is 0 Å². The minimum absolute atomic E-state index is 0.0628. The highest BCUT2D eigenvalue weighted by atomic mass is 16.6. The zero-order valence-corrected chi connectivity index (χ0v) is 17.7. The van der Waals surface area contributed by atoms with Crippen LogP contribution in [0.15, 0.2) is 60.9 Å². The number of nitro groups is 1. The van der Waals surface area contributed by atoms with Crippen LogP contribution in [0.5, 0.6) is 0 Å². The Hall–Kier alpha value is -4.05. The number of nitrogen functional groups attached to an aromatic ring is 2. The zero-order chi connectivity index (χ0) is 23.1. The molecule has 1 aromatic heterocycles. The molecule has 0 aliphatic carbocycles. The number of piperazine rings is 1. The molecule has 0 spiro atoms. The van der Waals surface area contributed by atoms with E-state index in [1.54, 1.807) is 30.3 Å². The maximum Gasteiger partial charge on any atom is 0.270 e. The number of carbonyl (C=O) groups is 1. The molecule has 4 rings (SSSR count). The summed E-state index contributed by atoms with van der Waals surface area (Å²) in [5.74, 6) is 0.614. The van der Waals surface area contributed by atoms with Gasteiger partial charge in [0.1, 0.15) is 18.0 Å². The van der Waals surface area contributed by atoms with Gasteiger partial charge in [0.2, 0.25) is 0 Å². The number of nitrogens with zero attached hydrogens (tertiary/aromatic N) is 5. The van der Waals surface area contributed by atoms with E-state index in [2.05, 4.69) is 26.8 Å². The Morgan fingerprint density at radius 1 is 0.969 bits per heavy atom. The molecule has 0 bridgehead atoms. The second-order valence-electron chi connectivity index (χ2n) is 7.31. The minimum atomic E-state index is -0.463. The number of nitro benzene ring substituents is 1. The van der Waals surface area contributed by atoms with Gasteiger partial charge in [-0.3, -0.25) is 14.9 Å². The van der Waals surface area contributed by atoms with E-state index in [0.29, 0.717) is 22.8 Å². The van der Waals surface area contributed by atoms with Crippen molar-refractivity contribution < 1.29 is 9.72 Å². The van der Waals surface area contributed by atoms with Crippen molar-refractivity contribution in [2.45, 2.75) is 0 Å². The lowest BCUT2D eigenvalue weighted by Gasteiger charge is -2.35. The Balaban J connectivity index is 0.000000305. The molecule has 32 heavy (non-hydrogen) atoms. The van der Waals surface area contributed by atoms with E-state index in [0.717, 1.165) is 31.9 Å². The Bertz CT molecular complexity index is 1070. The first kappa shape index (κ1) is 22.6. The van der Waals surface area contributed by atoms with Crippen LogP contribution < -0.4 is 16.4 Å². The van der Waals surface area contributed by atoms with Crippen molar-refractivity contribution in [3.8, 4) is 0 Å². The monoisotopic (exact) mass is 435 g/mol. The molecule has 2 heterocycles. The van der Waals surface area contributed by atoms with Crippen molar-refractivity contribution in [2.24, 2.45) is 0 Å². The van der Waals surface area contributed by atoms with Crippen LogP contribution in [0.4, 0.5) is 23.0 Å². The number of carbonyl (C=O) groups excluding carboxylic acids is 1. The van der Waals surface area contributed by atoms with Crippen LogP contribution in [0.1, 0.15) is 15.9 Å². The van der Waals surface area contributed by atoms with Gasteiger partial charge in [-0.2, -0.15) is 0 Å². The fraction of sp³-hybridized carbons (Fsp3) is 0.227. The quantitative estimate of drug-likeness (QED) is 0.358. The number of rotatable bonds is 4. The molecule has 2 aromatic carbocycles. The number of hydrogen-bond acceptors (Lipinski definition) is 9. The highest BCUT2D eigenvalue weighted by Gasteiger charge is 2.23. The average Bonchev–Trinajstić information content (AvgIpc) is 2.79. The van der Waals surface area contributed by atoms with E-state index in [1.165, 1.54) is 24.5 Å². The van der Waals surface area contributed by atoms with E-state index in [-0.39, 0.29) is 11.5 Å². The molecule has 0 atom stereocenters. The topological polar surface area (TPSA) is 145 Å². The Kier molecular flexibility index (Phi) is 7.29. The number of nitrogens with two attached hydrogens (primary N) is 2. The number of aromatic nitrogens is 2. The van der Waals surface area contributed by atoms with Crippen molar-refractivity contribution in [1.29, 1.82) is 0 Å². The summed E-state index contributed by atoms with van der Waals surface area (Å²) < 4.78 is 0. The fourth-order valence-electron chi connectivity index (χ4n) is 3.28. The van der Waals surface area contributed by atoms with E-state index in [1.807, 2.05) is 6.07 Å². The van der Waals surface area contributed by atoms with Gasteiger partial charge in [0.05, 0.1) is 10.5 Å². The summed E-state index contributed by atoms with van der Waals surface area (Å²) >= 11 is 0. The highest BCUT2D eigenvalue weighted by molar-refractivity contribution is 6.12. The van der Waals surface area contributed by atoms with Crippen LogP contribution >= 0.6 is 0 Å². The lowest BCUT2D eigenvalue weighted by Crippen LogP contribution is -2.45. The molecule has 0 unspecified atom stereocenters. The highest BCUT2D eigenvalue weighted by Crippen LogP contribution is 2.28. The number of hydrogen-bond donors (Lipinski definition) is 2. The predicted molar refractivity (Wildman–Crippen MR) is 124 cm³/mol. The molecule has 1 aliphatic heterocycles. The van der Waals surface area contributed by atoms with Crippen molar-refractivity contribution in [3.63, 3.8) is 0 Å². The first-order chi connectivity index (χ1) is 15.3. The minimum Gasteiger partial charge on any atom is -0.384 e. The van der Waals surface area contributed by atoms with Crippen molar-refractivity contribution in [1.82, 2.24) is 14.9 Å². The molecule has 0 saturated carbocycles. The second-order valence-corrected chi connectivity index (χ2v) is 7.31. The molecule has 4 N–H and O–H groups in total. The number of ketones is 1. The maximum atomic E-state index is 12.9. The summed E-state index contributed by atoms with van der Waals surface area (Å²) in [7, 11) is 2.06. The van der Waals surface area contributed by atoms with Crippen molar-refractivity contribution in [3.05, 3.63) is 82.2 Å². The first-order valence-corrected chi connectivity index (χ1v) is 10.00. The third-order valence-electron chi connectivity index (χ3n) is 5.02. The summed E-state index contributed by atoms with van der Waals surface area (Å²) in [6.45, 7) is 3.39. The van der Waals surface area contributed by atoms with Gasteiger partial charge in [0.25, 0.3) is 5.69 Å². The summed E-state index contributed by atoms with van der Waals surface area (Å²) in [5, 5.41) is 11.1. The first-order valence-electron chi connectivity index (χ1n) is 10.00. The average molecular weight is 435 g/mol. The summed E-state index contributed by atoms with van der Waals surface area (Å²) in [4.78, 5) is 35.1. The second kappa shape index (κ2) is 10.3. The molecular formula is C22H25N7O3. The van der Waals surface area contributed by atoms with Crippen LogP contribution in [-0.2, 0) is 0 Å². The van der Waals surface area contributed by atoms with Gasteiger partial charge < -0.3 is 21.3 Å². The maximum absolute atomic E-state index is 12.9. The predicted octanol–water partition coefficient (Wildman–Crippen LogP) is 2.22. The van der Waals surface area contributed by atoms with Crippen LogP contribution in [0.25, 0.3) is 0 Å². The molecule has 1 aliphatic rings. The normalized spacial score (nSPS) is 13.7. The van der Waals surface area contributed by atoms with Gasteiger partial charge in [0.15, 0.2) is 5.78 Å². The molecule has 166 valence electrons. The molecule has 1 saturated heterocycles. The smallest absolute Gasteiger partial charge is 0.270 e. The van der Waals surface area contributed by atoms with Gasteiger partial charge in [0, 0.05) is 55.6 Å². The van der Waals surface area contributed by atoms with Gasteiger partial charge in [-0.1, -0.05) is 30.3 Å². The third kappa shape index (κ3) is 5.76. The van der Waals surface area contributed by atoms with E-state index < -0.39 is 4.92 Å². The number of benzene rings is 2. The molecule has 3 aromatic rings. The van der Waals surface area contributed by atoms with E-state index in [9.17, 15) is 14.9 Å². The molecule has 0 radical (unpaired) electrons. The molecule has 10 heteroatoms. The largest absolute Gasteiger partial charge is 0.384 e. The molecular weight excluding hydrogens is 410 g/mol. The summed E-state index contributed by atoms with van der Waals surface area (Å²) in [6, 6.07) is 14.9. The SMILES string of the molecule is CN1CCN(c2ccc([N+](=O)[O-])cc2C(=O)c2ccccc2)CC1.Nc1cc(N)ncn1. The molecule has 1 fully saturated rings. The standard InChI is InChI=1S/C18H19N3O3.C4H6N4/c1-19-9-11-20(12-10-19)17-8-7-15(21(23)24)13-16(17)18(22)14-5-3-2-4-6-14;5-3-1-4(6)8-2-7-3/h2-8,13H,9-12H2,1H3;1-2H,(H4,5,6,7,8). The fourth-order valence-corrected chi connectivity index (χ4v) is 3.28. The summed E-state index contributed by atoms with van der Waals surface area (Å²) in [5.41, 5.74) is 12.1. The van der Waals surface area contributed by atoms with Gasteiger partial charge in [-0.05, 0) is 13.1 Å². The van der Waals surface area contributed by atoms with Gasteiger partial charge >= 0.3 is 0 Å². The Labute approximate surface area is 185 Å². The van der Waals surface area contributed by atoms with Gasteiger partial charge in [-0.25, -0.2) is 9.97 Å². The molecule has 0 amide bonds. The number of likely N-dealkylation sites (N-methyl/N-ethyl adjacent to an activating group) is 1. The third-order valence-corrected chi connectivity index (χ3v) is 5.02. The lowest BCUT2D eigenvalue weighted by molar-refractivity contribution is -0.384. The van der Waals surface area contributed by atoms with Crippen LogP contribution in [-0.4, -0.2) is 58.8 Å². The zero-order valence-electron chi connectivity index (χ0n) is 17.7. The Morgan fingerprint density at radius 3 is 2.12 bits per heavy atom. The Morgan fingerprint density at radius 2 is 1.59 bits per heavy atom. The van der Waals surface area contributed by atoms with Crippen LogP contribution in [0, 0.1) is 10.1 Å². The van der Waals surface area contributed by atoms with Crippen LogP contribution in [0.3, 0.4) is 0 Å². The lowest BCUT2D eigenvalue weighted by atomic mass is 10.00. The number of non-ortho nitro benzene ring substituents is 1. The van der Waals surface area contributed by atoms with E-state index >= 15 is 0 Å². The molecule has 10 nitrogen and oxygen atoms in total. The van der Waals surface area contributed by atoms with Gasteiger partial charge in [-0.15, -0.1) is 0 Å². The summed E-state index contributed by atoms with van der Waals surface area (Å²) in [6.07, 6.45) is 1.32. The number of anilines is 3. The van der Waals surface area contributed by atoms with Crippen molar-refractivity contribution in [2.75, 3.05) is 49.6 Å². The van der Waals surface area contributed by atoms with Crippen molar-refractivity contribution >= 4 is 28.8 Å². The van der Waals surface area contributed by atoms with E-state index in [4.69, 9.17) is 11.5 Å².